The van der Waals surface area contributed by atoms with Crippen LogP contribution >= 0.6 is 0 Å². The highest BCUT2D eigenvalue weighted by Crippen LogP contribution is 2.28. The van der Waals surface area contributed by atoms with Crippen molar-refractivity contribution in [1.82, 2.24) is 0 Å². The maximum absolute atomic E-state index is 13.0. The number of benzene rings is 2. The number of rotatable bonds is 13. The Bertz CT molecular complexity index is 1280. The van der Waals surface area contributed by atoms with Crippen LogP contribution in [0.5, 0.6) is 5.75 Å². The van der Waals surface area contributed by atoms with E-state index in [1.807, 2.05) is 31.2 Å². The van der Waals surface area contributed by atoms with E-state index in [4.69, 9.17) is 21.9 Å². The molecular formula is C40H62FN3O. The van der Waals surface area contributed by atoms with Crippen LogP contribution in [0, 0.1) is 17.7 Å². The Morgan fingerprint density at radius 3 is 2.00 bits per heavy atom. The maximum Gasteiger partial charge on any atom is 0.123 e. The monoisotopic (exact) mass is 619 g/mol. The highest BCUT2D eigenvalue weighted by Gasteiger charge is 2.12. The lowest BCUT2D eigenvalue weighted by Gasteiger charge is -2.19. The summed E-state index contributed by atoms with van der Waals surface area (Å²) in [7, 11) is 0. The van der Waals surface area contributed by atoms with Crippen molar-refractivity contribution in [2.24, 2.45) is 29.0 Å². The Balaban J connectivity index is 0.000000794. The van der Waals surface area contributed by atoms with E-state index in [9.17, 15) is 4.39 Å². The lowest BCUT2D eigenvalue weighted by molar-refractivity contribution is 0.279. The summed E-state index contributed by atoms with van der Waals surface area (Å²) in [6.07, 6.45) is 10.2. The molecule has 0 amide bonds. The summed E-state index contributed by atoms with van der Waals surface area (Å²) in [5.74, 6) is 2.29. The molecule has 250 valence electrons. The molecule has 5 heteroatoms. The number of aryl methyl sites for hydroxylation is 1. The largest absolute Gasteiger partial charge is 0.493 e. The second-order valence-electron chi connectivity index (χ2n) is 11.9. The van der Waals surface area contributed by atoms with Gasteiger partial charge in [-0.25, -0.2) is 4.39 Å². The van der Waals surface area contributed by atoms with Crippen LogP contribution in [0.4, 0.5) is 4.39 Å². The number of halogens is 1. The molecule has 2 atom stereocenters. The number of allylic oxidation sites excluding steroid dienone is 7. The number of hydrogen-bond acceptors (Lipinski definition) is 4. The quantitative estimate of drug-likeness (QED) is 0.154. The van der Waals surface area contributed by atoms with E-state index < -0.39 is 0 Å². The summed E-state index contributed by atoms with van der Waals surface area (Å²) in [5, 5.41) is 0. The minimum Gasteiger partial charge on any atom is -0.493 e. The SMILES string of the molecule is C=CC.CCC(C)/C(C)=C(/Cc1ccc(F)cc1)C(C)=C(C)C.CCc1cc(/C(N)=C/C=C(N)N)ccc1OCCC(C)CC. The van der Waals surface area contributed by atoms with Gasteiger partial charge in [0.1, 0.15) is 11.6 Å². The van der Waals surface area contributed by atoms with Crippen LogP contribution < -0.4 is 21.9 Å². The van der Waals surface area contributed by atoms with Crippen LogP contribution in [0.25, 0.3) is 5.70 Å². The van der Waals surface area contributed by atoms with E-state index in [-0.39, 0.29) is 11.6 Å². The van der Waals surface area contributed by atoms with Crippen LogP contribution in [0.1, 0.15) is 105 Å². The predicted octanol–water partition coefficient (Wildman–Crippen LogP) is 10.4. The summed E-state index contributed by atoms with van der Waals surface area (Å²) in [4.78, 5) is 0. The molecule has 0 saturated carbocycles. The zero-order valence-corrected chi connectivity index (χ0v) is 29.9. The first kappa shape index (κ1) is 41.3. The molecule has 0 heterocycles. The molecule has 0 fully saturated rings. The van der Waals surface area contributed by atoms with Gasteiger partial charge < -0.3 is 21.9 Å². The molecule has 2 aromatic carbocycles. The van der Waals surface area contributed by atoms with Crippen LogP contribution in [0.3, 0.4) is 0 Å². The molecule has 2 rings (SSSR count). The topological polar surface area (TPSA) is 87.3 Å². The van der Waals surface area contributed by atoms with Crippen molar-refractivity contribution in [3.8, 4) is 5.75 Å². The first-order chi connectivity index (χ1) is 21.2. The van der Waals surface area contributed by atoms with Crippen molar-refractivity contribution in [1.29, 1.82) is 0 Å². The molecule has 0 saturated heterocycles. The van der Waals surface area contributed by atoms with Crippen molar-refractivity contribution in [3.05, 3.63) is 118 Å². The van der Waals surface area contributed by atoms with Crippen molar-refractivity contribution < 1.29 is 9.13 Å². The molecule has 0 aliphatic carbocycles. The van der Waals surface area contributed by atoms with E-state index in [2.05, 4.69) is 75.0 Å². The highest BCUT2D eigenvalue weighted by atomic mass is 19.1. The highest BCUT2D eigenvalue weighted by molar-refractivity contribution is 5.66. The van der Waals surface area contributed by atoms with Crippen molar-refractivity contribution in [3.63, 3.8) is 0 Å². The van der Waals surface area contributed by atoms with Gasteiger partial charge in [-0.15, -0.1) is 6.58 Å². The summed E-state index contributed by atoms with van der Waals surface area (Å²) < 4.78 is 19.0. The van der Waals surface area contributed by atoms with Crippen LogP contribution in [0.2, 0.25) is 0 Å². The van der Waals surface area contributed by atoms with Gasteiger partial charge in [-0.05, 0) is 142 Å². The molecule has 0 aromatic heterocycles. The molecule has 45 heavy (non-hydrogen) atoms. The molecule has 2 aromatic rings. The molecular weight excluding hydrogens is 557 g/mol. The molecule has 0 aliphatic rings. The second kappa shape index (κ2) is 22.7. The zero-order chi connectivity index (χ0) is 34.5. The van der Waals surface area contributed by atoms with Gasteiger partial charge in [-0.3, -0.25) is 0 Å². The van der Waals surface area contributed by atoms with Gasteiger partial charge in [0.05, 0.1) is 12.4 Å². The van der Waals surface area contributed by atoms with Gasteiger partial charge in [0.2, 0.25) is 0 Å². The van der Waals surface area contributed by atoms with Gasteiger partial charge in [-0.2, -0.15) is 0 Å². The minimum absolute atomic E-state index is 0.170. The molecule has 0 spiro atoms. The number of nitrogens with two attached hydrogens (primary N) is 3. The smallest absolute Gasteiger partial charge is 0.123 e. The van der Waals surface area contributed by atoms with Crippen LogP contribution in [-0.2, 0) is 12.8 Å². The summed E-state index contributed by atoms with van der Waals surface area (Å²) in [5.41, 5.74) is 26.3. The fraction of sp³-hybridized carbons (Fsp3) is 0.450. The third-order valence-electron chi connectivity index (χ3n) is 8.12. The van der Waals surface area contributed by atoms with E-state index in [1.165, 1.54) is 34.3 Å². The van der Waals surface area contributed by atoms with Crippen LogP contribution in [0.15, 0.2) is 95.4 Å². The van der Waals surface area contributed by atoms with Crippen molar-refractivity contribution >= 4 is 5.70 Å². The van der Waals surface area contributed by atoms with Crippen LogP contribution in [-0.4, -0.2) is 6.61 Å². The number of hydrogen-bond donors (Lipinski definition) is 3. The Labute approximate surface area is 275 Å². The lowest BCUT2D eigenvalue weighted by atomic mass is 9.86. The van der Waals surface area contributed by atoms with E-state index in [0.29, 0.717) is 17.5 Å². The maximum atomic E-state index is 13.0. The molecule has 4 nitrogen and oxygen atoms in total. The molecule has 6 N–H and O–H groups in total. The van der Waals surface area contributed by atoms with Gasteiger partial charge in [-0.1, -0.05) is 70.4 Å². The molecule has 0 aliphatic heterocycles. The molecule has 2 unspecified atom stereocenters. The third-order valence-corrected chi connectivity index (χ3v) is 8.12. The fourth-order valence-electron chi connectivity index (χ4n) is 4.31. The summed E-state index contributed by atoms with van der Waals surface area (Å²) >= 11 is 0. The summed E-state index contributed by atoms with van der Waals surface area (Å²) in [6, 6.07) is 12.9. The predicted molar refractivity (Wildman–Crippen MR) is 196 cm³/mol. The normalized spacial score (nSPS) is 12.6. The fourth-order valence-corrected chi connectivity index (χ4v) is 4.31. The first-order valence-corrected chi connectivity index (χ1v) is 16.4. The lowest BCUT2D eigenvalue weighted by Crippen LogP contribution is -2.07. The zero-order valence-electron chi connectivity index (χ0n) is 29.9. The van der Waals surface area contributed by atoms with E-state index >= 15 is 0 Å². The van der Waals surface area contributed by atoms with Crippen molar-refractivity contribution in [2.45, 2.75) is 101 Å². The Hall–Kier alpha value is -3.73. The van der Waals surface area contributed by atoms with Crippen molar-refractivity contribution in [2.75, 3.05) is 6.61 Å². The van der Waals surface area contributed by atoms with Gasteiger partial charge in [0.15, 0.2) is 0 Å². The average Bonchev–Trinajstić information content (AvgIpc) is 3.02. The minimum atomic E-state index is -0.170. The Morgan fingerprint density at radius 2 is 1.51 bits per heavy atom. The molecule has 0 radical (unpaired) electrons. The standard InChI is InChI=1S/C19H27F.C18H29N3O.C3H6/c1-7-14(4)16(6)19(15(5)13(2)3)12-17-8-10-18(20)11-9-17;1-4-13(3)10-11-22-17-8-6-15(12-14(17)5-2)16(19)7-9-18(20)21;1-3-2/h8-11,14H,7,12H2,1-6H3;6-9,12-13H,4-5,10-11,19-21H2,1-3H3;3H,1H2,2H3/b19-16-;16-7-;. The van der Waals surface area contributed by atoms with Gasteiger partial charge in [0.25, 0.3) is 0 Å². The van der Waals surface area contributed by atoms with E-state index in [0.717, 1.165) is 49.2 Å². The number of ether oxygens (including phenoxy) is 1. The summed E-state index contributed by atoms with van der Waals surface area (Å²) in [6.45, 7) is 25.8. The van der Waals surface area contributed by atoms with Gasteiger partial charge in [0, 0.05) is 5.70 Å². The van der Waals surface area contributed by atoms with Gasteiger partial charge >= 0.3 is 0 Å². The first-order valence-electron chi connectivity index (χ1n) is 16.4. The Kier molecular flexibility index (Phi) is 20.8. The second-order valence-corrected chi connectivity index (χ2v) is 11.9. The average molecular weight is 620 g/mol. The third kappa shape index (κ3) is 16.2. The van der Waals surface area contributed by atoms with E-state index in [1.54, 1.807) is 30.4 Å². The molecule has 0 bridgehead atoms. The Morgan fingerprint density at radius 1 is 0.911 bits per heavy atom.